The van der Waals surface area contributed by atoms with E-state index >= 15 is 0 Å². The predicted molar refractivity (Wildman–Crippen MR) is 88.4 cm³/mol. The van der Waals surface area contributed by atoms with Gasteiger partial charge in [-0.3, -0.25) is 19.6 Å². The Morgan fingerprint density at radius 3 is 2.61 bits per heavy atom. The molecule has 0 aliphatic heterocycles. The molecule has 0 atom stereocenters. The topological polar surface area (TPSA) is 99.1 Å². The first kappa shape index (κ1) is 19.2. The molecule has 3 rings (SSSR count). The van der Waals surface area contributed by atoms with Gasteiger partial charge >= 0.3 is 6.36 Å². The van der Waals surface area contributed by atoms with Crippen molar-refractivity contribution in [3.05, 3.63) is 66.5 Å². The first-order valence-corrected chi connectivity index (χ1v) is 7.77. The van der Waals surface area contributed by atoms with Crippen molar-refractivity contribution < 1.29 is 27.5 Å². The third kappa shape index (κ3) is 5.45. The van der Waals surface area contributed by atoms with Crippen molar-refractivity contribution in [1.82, 2.24) is 25.4 Å². The molecule has 0 saturated heterocycles. The molecule has 0 radical (unpaired) electrons. The molecule has 144 valence electrons. The Balaban J connectivity index is 1.63. The highest BCUT2D eigenvalue weighted by Crippen LogP contribution is 2.23. The lowest BCUT2D eigenvalue weighted by molar-refractivity contribution is -0.276. The molecular formula is C17H12F3N5O3. The van der Waals surface area contributed by atoms with Crippen LogP contribution in [0.3, 0.4) is 0 Å². The standard InChI is InChI=1S/C17H12F3N5O3/c18-17(19,20)28-15-5-4-11(7-23-15)13-8-21-9-14(24-13)16(26)25-27-10-12-3-1-2-6-22-12/h1-9H,10H2,(H,25,26). The minimum Gasteiger partial charge on any atom is -0.388 e. The average molecular weight is 391 g/mol. The third-order valence-corrected chi connectivity index (χ3v) is 3.23. The Morgan fingerprint density at radius 1 is 1.07 bits per heavy atom. The molecule has 0 saturated carbocycles. The largest absolute Gasteiger partial charge is 0.574 e. The Bertz CT molecular complexity index is 937. The van der Waals surface area contributed by atoms with Crippen LogP contribution >= 0.6 is 0 Å². The summed E-state index contributed by atoms with van der Waals surface area (Å²) in [5, 5.41) is 0. The molecule has 3 aromatic heterocycles. The molecule has 0 aliphatic rings. The molecule has 11 heteroatoms. The number of carbonyl (C=O) groups excluding carboxylic acids is 1. The average Bonchev–Trinajstić information content (AvgIpc) is 2.68. The van der Waals surface area contributed by atoms with E-state index in [9.17, 15) is 18.0 Å². The van der Waals surface area contributed by atoms with E-state index in [-0.39, 0.29) is 18.0 Å². The van der Waals surface area contributed by atoms with E-state index < -0.39 is 18.1 Å². The van der Waals surface area contributed by atoms with Crippen LogP contribution in [0.5, 0.6) is 5.88 Å². The lowest BCUT2D eigenvalue weighted by Gasteiger charge is -2.08. The van der Waals surface area contributed by atoms with Gasteiger partial charge in [-0.2, -0.15) is 0 Å². The number of hydrogen-bond acceptors (Lipinski definition) is 7. The molecule has 28 heavy (non-hydrogen) atoms. The van der Waals surface area contributed by atoms with Gasteiger partial charge in [0.2, 0.25) is 5.88 Å². The highest BCUT2D eigenvalue weighted by molar-refractivity contribution is 5.91. The van der Waals surface area contributed by atoms with E-state index in [1.165, 1.54) is 18.5 Å². The zero-order valence-electron chi connectivity index (χ0n) is 14.1. The van der Waals surface area contributed by atoms with E-state index in [1.54, 1.807) is 24.4 Å². The number of carbonyl (C=O) groups is 1. The van der Waals surface area contributed by atoms with Gasteiger partial charge in [0.25, 0.3) is 5.91 Å². The van der Waals surface area contributed by atoms with Crippen LogP contribution in [0.2, 0.25) is 0 Å². The van der Waals surface area contributed by atoms with Crippen LogP contribution in [-0.2, 0) is 11.4 Å². The van der Waals surface area contributed by atoms with Crippen LogP contribution in [-0.4, -0.2) is 32.2 Å². The van der Waals surface area contributed by atoms with Crippen molar-refractivity contribution >= 4 is 5.91 Å². The van der Waals surface area contributed by atoms with Crippen LogP contribution in [0.25, 0.3) is 11.3 Å². The van der Waals surface area contributed by atoms with Crippen LogP contribution in [0.1, 0.15) is 16.2 Å². The SMILES string of the molecule is O=C(NOCc1ccccn1)c1cncc(-c2ccc(OC(F)(F)F)nc2)n1. The molecule has 8 nitrogen and oxygen atoms in total. The van der Waals surface area contributed by atoms with E-state index in [0.29, 0.717) is 11.3 Å². The lowest BCUT2D eigenvalue weighted by atomic mass is 10.2. The number of halogens is 3. The summed E-state index contributed by atoms with van der Waals surface area (Å²) in [4.78, 5) is 32.8. The molecule has 0 aliphatic carbocycles. The molecule has 3 aromatic rings. The molecule has 0 unspecified atom stereocenters. The zero-order chi connectivity index (χ0) is 20.0. The summed E-state index contributed by atoms with van der Waals surface area (Å²) in [5.74, 6) is -1.25. The second kappa shape index (κ2) is 8.39. The number of hydrogen-bond donors (Lipinski definition) is 1. The molecule has 0 aromatic carbocycles. The smallest absolute Gasteiger partial charge is 0.388 e. The van der Waals surface area contributed by atoms with Gasteiger partial charge in [-0.15, -0.1) is 13.2 Å². The number of aromatic nitrogens is 4. The Morgan fingerprint density at radius 2 is 1.93 bits per heavy atom. The highest BCUT2D eigenvalue weighted by atomic mass is 19.4. The maximum Gasteiger partial charge on any atom is 0.574 e. The second-order valence-corrected chi connectivity index (χ2v) is 5.26. The summed E-state index contributed by atoms with van der Waals surface area (Å²) >= 11 is 0. The van der Waals surface area contributed by atoms with Crippen LogP contribution in [0, 0.1) is 0 Å². The molecule has 1 N–H and O–H groups in total. The monoisotopic (exact) mass is 391 g/mol. The maximum atomic E-state index is 12.2. The number of hydroxylamine groups is 1. The summed E-state index contributed by atoms with van der Waals surface area (Å²) in [6, 6.07) is 7.61. The van der Waals surface area contributed by atoms with E-state index in [2.05, 4.69) is 30.2 Å². The molecule has 0 bridgehead atoms. The van der Waals surface area contributed by atoms with Crippen molar-refractivity contribution in [2.75, 3.05) is 0 Å². The number of ether oxygens (including phenoxy) is 1. The second-order valence-electron chi connectivity index (χ2n) is 5.26. The highest BCUT2D eigenvalue weighted by Gasteiger charge is 2.31. The minimum absolute atomic E-state index is 0.0471. The number of rotatable bonds is 6. The van der Waals surface area contributed by atoms with Crippen molar-refractivity contribution in [2.24, 2.45) is 0 Å². The Kier molecular flexibility index (Phi) is 5.75. The first-order valence-electron chi connectivity index (χ1n) is 7.77. The van der Waals surface area contributed by atoms with Gasteiger partial charge in [-0.25, -0.2) is 15.4 Å². The van der Waals surface area contributed by atoms with Crippen LogP contribution < -0.4 is 10.2 Å². The molecule has 0 fully saturated rings. The molecular weight excluding hydrogens is 379 g/mol. The fraction of sp³-hybridized carbons (Fsp3) is 0.118. The van der Waals surface area contributed by atoms with E-state index in [1.807, 2.05) is 0 Å². The minimum atomic E-state index is -4.83. The third-order valence-electron chi connectivity index (χ3n) is 3.23. The summed E-state index contributed by atoms with van der Waals surface area (Å²) in [6.45, 7) is 0.0598. The fourth-order valence-electron chi connectivity index (χ4n) is 2.04. The van der Waals surface area contributed by atoms with Crippen molar-refractivity contribution in [3.8, 4) is 17.1 Å². The van der Waals surface area contributed by atoms with Gasteiger partial charge in [0.15, 0.2) is 0 Å². The number of alkyl halides is 3. The van der Waals surface area contributed by atoms with E-state index in [4.69, 9.17) is 4.84 Å². The van der Waals surface area contributed by atoms with Crippen LogP contribution in [0.4, 0.5) is 13.2 Å². The molecule has 1 amide bonds. The number of nitrogens with one attached hydrogen (secondary N) is 1. The molecule has 3 heterocycles. The maximum absolute atomic E-state index is 12.2. The van der Waals surface area contributed by atoms with E-state index in [0.717, 1.165) is 12.3 Å². The number of amides is 1. The lowest BCUT2D eigenvalue weighted by Crippen LogP contribution is -2.25. The van der Waals surface area contributed by atoms with Gasteiger partial charge in [-0.1, -0.05) is 6.07 Å². The van der Waals surface area contributed by atoms with Gasteiger partial charge < -0.3 is 4.74 Å². The fourth-order valence-corrected chi connectivity index (χ4v) is 2.04. The summed E-state index contributed by atoms with van der Waals surface area (Å²) in [7, 11) is 0. The van der Waals surface area contributed by atoms with Crippen molar-refractivity contribution in [1.29, 1.82) is 0 Å². The molecule has 0 spiro atoms. The van der Waals surface area contributed by atoms with Gasteiger partial charge in [0.05, 0.1) is 23.8 Å². The Labute approximate surface area is 156 Å². The van der Waals surface area contributed by atoms with Crippen molar-refractivity contribution in [3.63, 3.8) is 0 Å². The quantitative estimate of drug-likeness (QED) is 0.645. The van der Waals surface area contributed by atoms with Crippen LogP contribution in [0.15, 0.2) is 55.1 Å². The zero-order valence-corrected chi connectivity index (χ0v) is 14.1. The van der Waals surface area contributed by atoms with Gasteiger partial charge in [0, 0.05) is 24.0 Å². The van der Waals surface area contributed by atoms with Gasteiger partial charge in [-0.05, 0) is 18.2 Å². The summed E-state index contributed by atoms with van der Waals surface area (Å²) in [6.07, 6.45) is 0.449. The normalized spacial score (nSPS) is 11.1. The van der Waals surface area contributed by atoms with Crippen molar-refractivity contribution in [2.45, 2.75) is 13.0 Å². The number of nitrogens with zero attached hydrogens (tertiary/aromatic N) is 4. The summed E-state index contributed by atoms with van der Waals surface area (Å²) in [5.41, 5.74) is 3.38. The first-order chi connectivity index (χ1) is 13.4. The Hall–Kier alpha value is -3.60. The van der Waals surface area contributed by atoms with Gasteiger partial charge in [0.1, 0.15) is 12.3 Å². The summed E-state index contributed by atoms with van der Waals surface area (Å²) < 4.78 is 40.2. The number of pyridine rings is 2. The predicted octanol–water partition coefficient (Wildman–Crippen LogP) is 2.69.